The van der Waals surface area contributed by atoms with Gasteiger partial charge in [-0.1, -0.05) is 30.7 Å². The Morgan fingerprint density at radius 1 is 1.17 bits per heavy atom. The van der Waals surface area contributed by atoms with E-state index in [1.807, 2.05) is 12.2 Å². The minimum absolute atomic E-state index is 0.00273. The Labute approximate surface area is 215 Å². The van der Waals surface area contributed by atoms with E-state index in [0.29, 0.717) is 52.4 Å². The monoisotopic (exact) mass is 513 g/mol. The molecule has 1 atom stereocenters. The molecule has 36 heavy (non-hydrogen) atoms. The van der Waals surface area contributed by atoms with Crippen molar-refractivity contribution < 1.29 is 19.1 Å². The first-order valence-corrected chi connectivity index (χ1v) is 12.7. The van der Waals surface area contributed by atoms with Crippen molar-refractivity contribution in [1.82, 2.24) is 15.3 Å². The van der Waals surface area contributed by atoms with Crippen LogP contribution in [0, 0.1) is 11.8 Å². The van der Waals surface area contributed by atoms with Crippen LogP contribution in [0.15, 0.2) is 30.4 Å². The molecule has 192 valence electrons. The number of amides is 3. The van der Waals surface area contributed by atoms with E-state index in [0.717, 1.165) is 25.7 Å². The summed E-state index contributed by atoms with van der Waals surface area (Å²) in [6.07, 6.45) is 8.52. The van der Waals surface area contributed by atoms with Gasteiger partial charge in [0.25, 0.3) is 0 Å². The maximum absolute atomic E-state index is 13.1. The Morgan fingerprint density at radius 2 is 1.94 bits per heavy atom. The standard InChI is InChI=1S/C26H32ClN5O4/c1-15-8-10-16(11-9-15)25(34)30-19-6-4-3-5-7-21(33)29-20-14-17(28-26(35)36-2)12-13-18(20)22-23(27)32-24(19)31-22/h3-4,12-16,19H,5-11H2,1-2H3,(H,28,35)(H,29,33)(H,30,34)(H,31,32)/t15?,16?,19-/m0/s1. The second kappa shape index (κ2) is 11.6. The van der Waals surface area contributed by atoms with Crippen LogP contribution in [-0.2, 0) is 14.3 Å². The van der Waals surface area contributed by atoms with Gasteiger partial charge in [-0.05, 0) is 62.6 Å². The van der Waals surface area contributed by atoms with E-state index in [1.165, 1.54) is 7.11 Å². The number of H-pyrrole nitrogens is 1. The van der Waals surface area contributed by atoms with E-state index < -0.39 is 6.09 Å². The van der Waals surface area contributed by atoms with Crippen LogP contribution in [0.25, 0.3) is 11.3 Å². The Bertz CT molecular complexity index is 1150. The summed E-state index contributed by atoms with van der Waals surface area (Å²) in [6, 6.07) is 4.65. The van der Waals surface area contributed by atoms with Crippen LogP contribution in [0.3, 0.4) is 0 Å². The van der Waals surface area contributed by atoms with Crippen molar-refractivity contribution in [3.05, 3.63) is 41.3 Å². The first-order valence-electron chi connectivity index (χ1n) is 12.3. The smallest absolute Gasteiger partial charge is 0.411 e. The molecule has 1 aliphatic carbocycles. The molecule has 1 aromatic carbocycles. The van der Waals surface area contributed by atoms with Crippen molar-refractivity contribution in [1.29, 1.82) is 0 Å². The lowest BCUT2D eigenvalue weighted by molar-refractivity contribution is -0.127. The Hall–Kier alpha value is -3.33. The predicted octanol–water partition coefficient (Wildman–Crippen LogP) is 5.57. The molecular formula is C26H32ClN5O4. The topological polar surface area (TPSA) is 125 Å². The summed E-state index contributed by atoms with van der Waals surface area (Å²) in [4.78, 5) is 45.2. The average molecular weight is 514 g/mol. The quantitative estimate of drug-likeness (QED) is 0.399. The molecule has 4 N–H and O–H groups in total. The number of nitrogens with zero attached hydrogens (tertiary/aromatic N) is 1. The number of rotatable bonds is 3. The van der Waals surface area contributed by atoms with Crippen LogP contribution in [0.1, 0.15) is 63.7 Å². The molecule has 2 aliphatic rings. The van der Waals surface area contributed by atoms with Gasteiger partial charge in [-0.3, -0.25) is 14.9 Å². The zero-order valence-electron chi connectivity index (χ0n) is 20.5. The van der Waals surface area contributed by atoms with Crippen molar-refractivity contribution >= 4 is 40.9 Å². The molecule has 2 bridgehead atoms. The lowest BCUT2D eigenvalue weighted by Crippen LogP contribution is -2.36. The largest absolute Gasteiger partial charge is 0.453 e. The van der Waals surface area contributed by atoms with Crippen molar-refractivity contribution in [3.8, 4) is 11.3 Å². The molecule has 0 unspecified atom stereocenters. The van der Waals surface area contributed by atoms with Crippen molar-refractivity contribution in [2.45, 2.75) is 57.9 Å². The van der Waals surface area contributed by atoms with Crippen LogP contribution in [0.4, 0.5) is 16.2 Å². The molecule has 4 rings (SSSR count). The number of anilines is 2. The second-order valence-corrected chi connectivity index (χ2v) is 9.85. The highest BCUT2D eigenvalue weighted by Gasteiger charge is 2.28. The molecular weight excluding hydrogens is 482 g/mol. The first-order chi connectivity index (χ1) is 17.3. The lowest BCUT2D eigenvalue weighted by Gasteiger charge is -2.27. The summed E-state index contributed by atoms with van der Waals surface area (Å²) >= 11 is 6.58. The van der Waals surface area contributed by atoms with Gasteiger partial charge < -0.3 is 20.4 Å². The molecule has 10 heteroatoms. The predicted molar refractivity (Wildman–Crippen MR) is 139 cm³/mol. The number of aromatic amines is 1. The third-order valence-electron chi connectivity index (χ3n) is 6.77. The van der Waals surface area contributed by atoms with Crippen molar-refractivity contribution in [2.24, 2.45) is 11.8 Å². The molecule has 1 fully saturated rings. The van der Waals surface area contributed by atoms with Gasteiger partial charge in [-0.25, -0.2) is 9.78 Å². The van der Waals surface area contributed by atoms with Crippen molar-refractivity contribution in [3.63, 3.8) is 0 Å². The molecule has 1 aromatic heterocycles. The van der Waals surface area contributed by atoms with Crippen LogP contribution < -0.4 is 16.0 Å². The Morgan fingerprint density at radius 3 is 2.69 bits per heavy atom. The number of aromatic nitrogens is 2. The fourth-order valence-electron chi connectivity index (χ4n) is 4.64. The summed E-state index contributed by atoms with van der Waals surface area (Å²) in [7, 11) is 1.27. The fourth-order valence-corrected chi connectivity index (χ4v) is 4.88. The van der Waals surface area contributed by atoms with Gasteiger partial charge in [0.1, 0.15) is 16.7 Å². The summed E-state index contributed by atoms with van der Waals surface area (Å²) in [5.74, 6) is 1.06. The van der Waals surface area contributed by atoms with Gasteiger partial charge in [-0.2, -0.15) is 0 Å². The summed E-state index contributed by atoms with van der Waals surface area (Å²) in [5.41, 5.74) is 1.93. The number of halogens is 1. The molecule has 0 radical (unpaired) electrons. The Kier molecular flexibility index (Phi) is 8.30. The van der Waals surface area contributed by atoms with E-state index in [2.05, 4.69) is 32.6 Å². The fraction of sp³-hybridized carbons (Fsp3) is 0.462. The van der Waals surface area contributed by atoms with E-state index in [-0.39, 0.29) is 30.2 Å². The SMILES string of the molecule is COC(=O)Nc1ccc2c(c1)NC(=O)CCC=CC[C@H](NC(=O)C1CCC(C)CC1)c1nc-2c(Cl)[nH]1. The van der Waals surface area contributed by atoms with Gasteiger partial charge >= 0.3 is 6.09 Å². The number of methoxy groups -OCH3 is 1. The molecule has 2 aromatic rings. The average Bonchev–Trinajstić information content (AvgIpc) is 3.24. The highest BCUT2D eigenvalue weighted by atomic mass is 35.5. The minimum Gasteiger partial charge on any atom is -0.453 e. The van der Waals surface area contributed by atoms with Gasteiger partial charge in [0.2, 0.25) is 11.8 Å². The maximum Gasteiger partial charge on any atom is 0.411 e. The van der Waals surface area contributed by atoms with E-state index in [9.17, 15) is 14.4 Å². The zero-order chi connectivity index (χ0) is 25.7. The third kappa shape index (κ3) is 6.26. The molecule has 3 amide bonds. The summed E-state index contributed by atoms with van der Waals surface area (Å²) in [5, 5.41) is 8.97. The van der Waals surface area contributed by atoms with Crippen LogP contribution in [0.2, 0.25) is 5.15 Å². The van der Waals surface area contributed by atoms with Crippen LogP contribution in [0.5, 0.6) is 0 Å². The normalized spacial score (nSPS) is 22.2. The van der Waals surface area contributed by atoms with E-state index in [4.69, 9.17) is 16.6 Å². The first kappa shape index (κ1) is 25.8. The number of hydrogen-bond donors (Lipinski definition) is 4. The zero-order valence-corrected chi connectivity index (χ0v) is 21.3. The number of fused-ring (bicyclic) bond motifs is 4. The second-order valence-electron chi connectivity index (χ2n) is 9.47. The number of benzene rings is 1. The number of ether oxygens (including phenoxy) is 1. The molecule has 2 heterocycles. The van der Waals surface area contributed by atoms with E-state index >= 15 is 0 Å². The third-order valence-corrected chi connectivity index (χ3v) is 7.04. The van der Waals surface area contributed by atoms with Crippen molar-refractivity contribution in [2.75, 3.05) is 17.7 Å². The number of nitrogens with one attached hydrogen (secondary N) is 4. The van der Waals surface area contributed by atoms with Crippen LogP contribution in [-0.4, -0.2) is 35.0 Å². The Balaban J connectivity index is 1.66. The maximum atomic E-state index is 13.1. The van der Waals surface area contributed by atoms with E-state index in [1.54, 1.807) is 18.2 Å². The lowest BCUT2D eigenvalue weighted by atomic mass is 9.82. The van der Waals surface area contributed by atoms with Gasteiger partial charge in [-0.15, -0.1) is 0 Å². The number of carbonyl (C=O) groups is 3. The molecule has 0 spiro atoms. The number of allylic oxidation sites excluding steroid dienone is 1. The van der Waals surface area contributed by atoms with Crippen LogP contribution >= 0.6 is 11.6 Å². The number of hydrogen-bond acceptors (Lipinski definition) is 5. The highest BCUT2D eigenvalue weighted by Crippen LogP contribution is 2.36. The number of imidazole rings is 1. The van der Waals surface area contributed by atoms with Gasteiger partial charge in [0.15, 0.2) is 0 Å². The highest BCUT2D eigenvalue weighted by molar-refractivity contribution is 6.32. The minimum atomic E-state index is -0.623. The summed E-state index contributed by atoms with van der Waals surface area (Å²) < 4.78 is 4.66. The molecule has 1 aliphatic heterocycles. The number of carbonyl (C=O) groups excluding carboxylic acids is 3. The molecule has 0 saturated heterocycles. The molecule has 9 nitrogen and oxygen atoms in total. The van der Waals surface area contributed by atoms with Gasteiger partial charge in [0, 0.05) is 23.6 Å². The summed E-state index contributed by atoms with van der Waals surface area (Å²) in [6.45, 7) is 2.23. The van der Waals surface area contributed by atoms with Gasteiger partial charge in [0.05, 0.1) is 18.8 Å². The molecule has 1 saturated carbocycles.